The summed E-state index contributed by atoms with van der Waals surface area (Å²) in [6.45, 7) is 6.41. The molecule has 0 radical (unpaired) electrons. The molecule has 1 heterocycles. The summed E-state index contributed by atoms with van der Waals surface area (Å²) in [7, 11) is 0. The number of carbonyl (C=O) groups excluding carboxylic acids is 3. The van der Waals surface area contributed by atoms with Crippen LogP contribution in [0.15, 0.2) is 42.5 Å². The Kier molecular flexibility index (Phi) is 16.7. The van der Waals surface area contributed by atoms with E-state index in [9.17, 15) is 24.6 Å². The van der Waals surface area contributed by atoms with Gasteiger partial charge in [-0.25, -0.2) is 0 Å². The largest absolute Gasteiger partial charge is 0.463 e. The van der Waals surface area contributed by atoms with Gasteiger partial charge in [-0.3, -0.25) is 19.3 Å². The molecular weight excluding hydrogens is 691 g/mol. The van der Waals surface area contributed by atoms with Gasteiger partial charge in [0.25, 0.3) is 0 Å². The van der Waals surface area contributed by atoms with Gasteiger partial charge in [0.1, 0.15) is 18.2 Å². The summed E-state index contributed by atoms with van der Waals surface area (Å²) >= 11 is 1.76. The topological polar surface area (TPSA) is 137 Å². The van der Waals surface area contributed by atoms with E-state index in [1.54, 1.807) is 11.8 Å². The highest BCUT2D eigenvalue weighted by Gasteiger charge is 2.35. The normalized spacial score (nSPS) is 22.8. The summed E-state index contributed by atoms with van der Waals surface area (Å²) in [5, 5.41) is 31.6. The van der Waals surface area contributed by atoms with E-state index in [2.05, 4.69) is 46.7 Å². The standard InChI is InChI=1S/C42H63N3O7S/c1-3-4-17-37(42(50)44-38(24-30-11-6-5-7-12-30)40(48)39(47)27-45-20-22-51-23-21-45)43-41(49)33(28-53-35-19-18-34(26-35)52-29(2)46)25-32-15-10-14-31-13-8-9-16-36(31)32/h8-10,13-16,30,33-35,37-40,47-48H,3-7,11-12,17-28H2,1-2H3,(H,43,49)(H,44,50)/t33-,34?,35?,37+,38+,39+,40-/m1/s1. The highest BCUT2D eigenvalue weighted by atomic mass is 32.2. The number of hydrogen-bond acceptors (Lipinski definition) is 9. The first-order chi connectivity index (χ1) is 25.7. The Hall–Kier alpha value is -2.70. The molecule has 5 rings (SSSR count). The third-order valence-corrected chi connectivity index (χ3v) is 12.9. The number of fused-ring (bicyclic) bond motifs is 1. The zero-order chi connectivity index (χ0) is 37.6. The monoisotopic (exact) mass is 753 g/mol. The Labute approximate surface area is 320 Å². The molecule has 10 nitrogen and oxygen atoms in total. The van der Waals surface area contributed by atoms with Crippen LogP contribution in [-0.4, -0.2) is 107 Å². The van der Waals surface area contributed by atoms with E-state index in [1.807, 2.05) is 18.2 Å². The average molecular weight is 754 g/mol. The summed E-state index contributed by atoms with van der Waals surface area (Å²) in [6, 6.07) is 13.0. The van der Waals surface area contributed by atoms with Gasteiger partial charge in [-0.1, -0.05) is 94.3 Å². The Morgan fingerprint density at radius 3 is 2.47 bits per heavy atom. The summed E-state index contributed by atoms with van der Waals surface area (Å²) in [5.41, 5.74) is 1.09. The van der Waals surface area contributed by atoms with Crippen LogP contribution in [0.3, 0.4) is 0 Å². The molecule has 3 aliphatic rings. The van der Waals surface area contributed by atoms with Gasteiger partial charge < -0.3 is 30.3 Å². The van der Waals surface area contributed by atoms with E-state index in [0.29, 0.717) is 63.8 Å². The summed E-state index contributed by atoms with van der Waals surface area (Å²) in [6.07, 6.45) is 9.08. The van der Waals surface area contributed by atoms with Gasteiger partial charge in [0.15, 0.2) is 0 Å². The molecule has 4 N–H and O–H groups in total. The number of nitrogens with zero attached hydrogens (tertiary/aromatic N) is 1. The molecular formula is C42H63N3O7S. The summed E-state index contributed by atoms with van der Waals surface area (Å²) < 4.78 is 11.0. The number of β-amino-alcohol motifs (C(OH)–C–C–N with tert-alkyl or cyclic N) is 1. The number of rotatable bonds is 19. The number of hydrogen-bond donors (Lipinski definition) is 4. The van der Waals surface area contributed by atoms with Crippen molar-refractivity contribution in [3.05, 3.63) is 48.0 Å². The Bertz CT molecular complexity index is 1440. The molecule has 53 heavy (non-hydrogen) atoms. The predicted octanol–water partition coefficient (Wildman–Crippen LogP) is 5.40. The molecule has 11 heteroatoms. The Morgan fingerprint density at radius 1 is 0.962 bits per heavy atom. The van der Waals surface area contributed by atoms with Gasteiger partial charge in [0.2, 0.25) is 11.8 Å². The Balaban J connectivity index is 1.31. The molecule has 0 spiro atoms. The first kappa shape index (κ1) is 41.5. The number of ether oxygens (including phenoxy) is 2. The van der Waals surface area contributed by atoms with E-state index in [0.717, 1.165) is 74.1 Å². The fraction of sp³-hybridized carbons (Fsp3) is 0.690. The maximum atomic E-state index is 14.4. The summed E-state index contributed by atoms with van der Waals surface area (Å²) in [5.74, 6) is -0.179. The van der Waals surface area contributed by atoms with Crippen molar-refractivity contribution in [1.82, 2.24) is 15.5 Å². The van der Waals surface area contributed by atoms with Crippen molar-refractivity contribution in [1.29, 1.82) is 0 Å². The van der Waals surface area contributed by atoms with Gasteiger partial charge in [0.05, 0.1) is 31.3 Å². The van der Waals surface area contributed by atoms with Gasteiger partial charge >= 0.3 is 5.97 Å². The molecule has 1 aliphatic heterocycles. The fourth-order valence-electron chi connectivity index (χ4n) is 8.35. The number of benzene rings is 2. The lowest BCUT2D eigenvalue weighted by Crippen LogP contribution is -2.57. The second-order valence-corrected chi connectivity index (χ2v) is 16.9. The number of aliphatic hydroxyl groups excluding tert-OH is 2. The zero-order valence-corrected chi connectivity index (χ0v) is 32.7. The Morgan fingerprint density at radius 2 is 1.72 bits per heavy atom. The minimum atomic E-state index is -1.14. The molecule has 0 aromatic heterocycles. The smallest absolute Gasteiger partial charge is 0.302 e. The van der Waals surface area contributed by atoms with Crippen molar-refractivity contribution in [2.45, 2.75) is 133 Å². The first-order valence-corrected chi connectivity index (χ1v) is 21.3. The third-order valence-electron chi connectivity index (χ3n) is 11.4. The number of morpholine rings is 1. The number of amides is 2. The number of nitrogens with one attached hydrogen (secondary N) is 2. The van der Waals surface area contributed by atoms with E-state index < -0.39 is 30.2 Å². The van der Waals surface area contributed by atoms with E-state index in [-0.39, 0.29) is 29.1 Å². The molecule has 294 valence electrons. The molecule has 2 unspecified atom stereocenters. The van der Waals surface area contributed by atoms with Crippen LogP contribution in [-0.2, 0) is 30.3 Å². The second kappa shape index (κ2) is 21.4. The van der Waals surface area contributed by atoms with Gasteiger partial charge in [0, 0.05) is 37.6 Å². The molecule has 3 fully saturated rings. The molecule has 2 aromatic carbocycles. The van der Waals surface area contributed by atoms with E-state index >= 15 is 0 Å². The van der Waals surface area contributed by atoms with Crippen LogP contribution in [0.2, 0.25) is 0 Å². The number of unbranched alkanes of at least 4 members (excludes halogenated alkanes) is 1. The van der Waals surface area contributed by atoms with Crippen LogP contribution in [0, 0.1) is 11.8 Å². The molecule has 7 atom stereocenters. The van der Waals surface area contributed by atoms with Crippen molar-refractivity contribution >= 4 is 40.3 Å². The van der Waals surface area contributed by atoms with Crippen molar-refractivity contribution in [2.24, 2.45) is 11.8 Å². The van der Waals surface area contributed by atoms with Crippen LogP contribution >= 0.6 is 11.8 Å². The van der Waals surface area contributed by atoms with Crippen molar-refractivity contribution in [2.75, 3.05) is 38.6 Å². The van der Waals surface area contributed by atoms with Crippen molar-refractivity contribution < 1.29 is 34.1 Å². The van der Waals surface area contributed by atoms with Gasteiger partial charge in [-0.15, -0.1) is 0 Å². The molecule has 2 aromatic rings. The van der Waals surface area contributed by atoms with Crippen LogP contribution in [0.1, 0.15) is 96.5 Å². The summed E-state index contributed by atoms with van der Waals surface area (Å²) in [4.78, 5) is 42.2. The maximum absolute atomic E-state index is 14.4. The van der Waals surface area contributed by atoms with Crippen molar-refractivity contribution in [3.63, 3.8) is 0 Å². The average Bonchev–Trinajstić information content (AvgIpc) is 3.61. The lowest BCUT2D eigenvalue weighted by atomic mass is 9.83. The van der Waals surface area contributed by atoms with Crippen LogP contribution in [0.25, 0.3) is 10.8 Å². The second-order valence-electron chi connectivity index (χ2n) is 15.6. The van der Waals surface area contributed by atoms with Crippen LogP contribution < -0.4 is 10.6 Å². The van der Waals surface area contributed by atoms with Crippen LogP contribution in [0.4, 0.5) is 0 Å². The highest BCUT2D eigenvalue weighted by molar-refractivity contribution is 7.99. The van der Waals surface area contributed by atoms with E-state index in [4.69, 9.17) is 9.47 Å². The van der Waals surface area contributed by atoms with Crippen LogP contribution in [0.5, 0.6) is 0 Å². The number of aliphatic hydroxyl groups is 2. The first-order valence-electron chi connectivity index (χ1n) is 20.2. The lowest BCUT2D eigenvalue weighted by molar-refractivity contribution is -0.145. The third kappa shape index (κ3) is 12.9. The molecule has 0 bridgehead atoms. The molecule has 2 aliphatic carbocycles. The SMILES string of the molecule is CCCC[C@H](NC(=O)[C@@H](CSC1CCC(OC(C)=O)C1)Cc1cccc2ccccc12)C(=O)N[C@@H](CC1CCCCC1)[C@@H](O)[C@@H](O)CN1CCOCC1. The quantitative estimate of drug-likeness (QED) is 0.139. The maximum Gasteiger partial charge on any atom is 0.302 e. The minimum absolute atomic E-state index is 0.0817. The number of carbonyl (C=O) groups is 3. The zero-order valence-electron chi connectivity index (χ0n) is 31.9. The minimum Gasteiger partial charge on any atom is -0.463 e. The molecule has 1 saturated heterocycles. The number of esters is 1. The van der Waals surface area contributed by atoms with E-state index in [1.165, 1.54) is 13.3 Å². The van der Waals surface area contributed by atoms with Gasteiger partial charge in [-0.2, -0.15) is 11.8 Å². The molecule has 2 saturated carbocycles. The fourth-order valence-corrected chi connectivity index (χ4v) is 9.78. The lowest BCUT2D eigenvalue weighted by Gasteiger charge is -2.35. The van der Waals surface area contributed by atoms with Crippen molar-refractivity contribution in [3.8, 4) is 0 Å². The molecule has 2 amide bonds. The van der Waals surface area contributed by atoms with Gasteiger partial charge in [-0.05, 0) is 60.8 Å². The number of thioether (sulfide) groups is 1. The predicted molar refractivity (Wildman–Crippen MR) is 211 cm³/mol. The highest BCUT2D eigenvalue weighted by Crippen LogP contribution is 2.34.